The summed E-state index contributed by atoms with van der Waals surface area (Å²) in [5, 5.41) is 13.1. The lowest BCUT2D eigenvalue weighted by atomic mass is 10.1. The highest BCUT2D eigenvalue weighted by atomic mass is 79.9. The van der Waals surface area contributed by atoms with Gasteiger partial charge >= 0.3 is 0 Å². The van der Waals surface area contributed by atoms with Gasteiger partial charge in [0.2, 0.25) is 5.88 Å². The molecule has 1 aromatic carbocycles. The predicted molar refractivity (Wildman–Crippen MR) is 134 cm³/mol. The second kappa shape index (κ2) is 9.56. The Morgan fingerprint density at radius 3 is 2.60 bits per heavy atom. The van der Waals surface area contributed by atoms with E-state index in [4.69, 9.17) is 4.74 Å². The van der Waals surface area contributed by atoms with Crippen molar-refractivity contribution in [2.45, 2.75) is 46.8 Å². The van der Waals surface area contributed by atoms with Crippen LogP contribution in [0.2, 0.25) is 0 Å². The van der Waals surface area contributed by atoms with Crippen LogP contribution in [-0.4, -0.2) is 29.6 Å². The van der Waals surface area contributed by atoms with Gasteiger partial charge in [-0.1, -0.05) is 12.1 Å². The number of aryl methyl sites for hydroxylation is 3. The molecule has 0 radical (unpaired) electrons. The summed E-state index contributed by atoms with van der Waals surface area (Å²) in [7, 11) is 0. The number of benzene rings is 1. The van der Waals surface area contributed by atoms with Gasteiger partial charge in [0.1, 0.15) is 28.2 Å². The van der Waals surface area contributed by atoms with Crippen LogP contribution < -0.4 is 10.3 Å². The van der Waals surface area contributed by atoms with E-state index in [0.29, 0.717) is 17.1 Å². The number of aromatic nitrogens is 5. The van der Waals surface area contributed by atoms with Gasteiger partial charge in [0.15, 0.2) is 11.6 Å². The van der Waals surface area contributed by atoms with E-state index in [2.05, 4.69) is 35.9 Å². The molecule has 0 aliphatic carbocycles. The average molecular weight is 560 g/mol. The number of halogens is 2. The highest BCUT2D eigenvalue weighted by Gasteiger charge is 2.23. The molecule has 0 aliphatic heterocycles. The zero-order valence-corrected chi connectivity index (χ0v) is 22.2. The molecule has 0 spiro atoms. The molecule has 35 heavy (non-hydrogen) atoms. The fourth-order valence-corrected chi connectivity index (χ4v) is 4.42. The zero-order chi connectivity index (χ0) is 25.5. The third-order valence-corrected chi connectivity index (χ3v) is 6.70. The summed E-state index contributed by atoms with van der Waals surface area (Å²) in [4.78, 5) is 30.3. The van der Waals surface area contributed by atoms with Crippen molar-refractivity contribution in [3.63, 3.8) is 0 Å². The minimum atomic E-state index is -1.34. The summed E-state index contributed by atoms with van der Waals surface area (Å²) in [6.07, 6.45) is 1.03. The van der Waals surface area contributed by atoms with E-state index < -0.39 is 11.4 Å². The second-order valence-corrected chi connectivity index (χ2v) is 10.4. The Morgan fingerprint density at radius 1 is 1.20 bits per heavy atom. The smallest absolute Gasteiger partial charge is 0.276 e. The molecule has 8 nitrogen and oxygen atoms in total. The van der Waals surface area contributed by atoms with Gasteiger partial charge in [-0.2, -0.15) is 4.98 Å². The number of hydrogen-bond acceptors (Lipinski definition) is 8. The Balaban J connectivity index is 1.76. The van der Waals surface area contributed by atoms with Crippen LogP contribution in [0.5, 0.6) is 5.88 Å². The molecule has 0 atom stereocenters. The lowest BCUT2D eigenvalue weighted by Gasteiger charge is -2.18. The zero-order valence-electron chi connectivity index (χ0n) is 19.8. The van der Waals surface area contributed by atoms with Gasteiger partial charge in [-0.3, -0.25) is 9.36 Å². The van der Waals surface area contributed by atoms with E-state index in [1.54, 1.807) is 25.1 Å². The maximum absolute atomic E-state index is 14.7. The van der Waals surface area contributed by atoms with Crippen LogP contribution in [0.15, 0.2) is 39.0 Å². The number of nitrogens with zero attached hydrogens (tertiary/aromatic N) is 5. The third-order valence-electron chi connectivity index (χ3n) is 5.20. The molecule has 182 valence electrons. The highest BCUT2D eigenvalue weighted by molar-refractivity contribution is 9.10. The largest absolute Gasteiger partial charge is 0.470 e. The van der Waals surface area contributed by atoms with Gasteiger partial charge in [0.05, 0.1) is 22.6 Å². The molecule has 3 heterocycles. The molecule has 0 bridgehead atoms. The maximum Gasteiger partial charge on any atom is 0.276 e. The SMILES string of the molecule is Cc1nc(COc2nc(C)n(-c3cc(-c4nc(C(C)(C)O)ncc4F)ccc3C)c(=O)c2Br)cs1. The van der Waals surface area contributed by atoms with Crippen LogP contribution in [0, 0.1) is 26.6 Å². The summed E-state index contributed by atoms with van der Waals surface area (Å²) in [6, 6.07) is 5.13. The van der Waals surface area contributed by atoms with Crippen LogP contribution in [0.4, 0.5) is 4.39 Å². The maximum atomic E-state index is 14.7. The molecule has 0 saturated heterocycles. The first-order chi connectivity index (χ1) is 16.5. The van der Waals surface area contributed by atoms with Crippen molar-refractivity contribution in [2.75, 3.05) is 0 Å². The Labute approximate surface area is 213 Å². The fourth-order valence-electron chi connectivity index (χ4n) is 3.44. The Hall–Kier alpha value is -3.02. The van der Waals surface area contributed by atoms with Crippen molar-refractivity contribution in [1.29, 1.82) is 0 Å². The van der Waals surface area contributed by atoms with Gasteiger partial charge in [-0.15, -0.1) is 11.3 Å². The molecule has 0 aliphatic rings. The van der Waals surface area contributed by atoms with E-state index in [-0.39, 0.29) is 34.0 Å². The van der Waals surface area contributed by atoms with E-state index in [9.17, 15) is 14.3 Å². The van der Waals surface area contributed by atoms with E-state index in [0.717, 1.165) is 22.5 Å². The first kappa shape index (κ1) is 25.1. The van der Waals surface area contributed by atoms with E-state index in [1.807, 2.05) is 19.2 Å². The normalized spacial score (nSPS) is 11.7. The first-order valence-corrected chi connectivity index (χ1v) is 12.3. The van der Waals surface area contributed by atoms with Gasteiger partial charge < -0.3 is 9.84 Å². The van der Waals surface area contributed by atoms with E-state index in [1.165, 1.54) is 29.8 Å². The molecule has 4 aromatic rings. The van der Waals surface area contributed by atoms with Gasteiger partial charge in [-0.25, -0.2) is 19.3 Å². The molecule has 0 unspecified atom stereocenters. The van der Waals surface area contributed by atoms with Crippen molar-refractivity contribution >= 4 is 27.3 Å². The Morgan fingerprint density at radius 2 is 1.94 bits per heavy atom. The van der Waals surface area contributed by atoms with Gasteiger partial charge in [0, 0.05) is 10.9 Å². The quantitative estimate of drug-likeness (QED) is 0.362. The summed E-state index contributed by atoms with van der Waals surface area (Å²) >= 11 is 4.84. The predicted octanol–water partition coefficient (Wildman–Crippen LogP) is 4.78. The van der Waals surface area contributed by atoms with Crippen LogP contribution in [0.25, 0.3) is 16.9 Å². The van der Waals surface area contributed by atoms with Crippen LogP contribution in [0.3, 0.4) is 0 Å². The topological polar surface area (TPSA) is 103 Å². The van der Waals surface area contributed by atoms with Crippen molar-refractivity contribution in [3.05, 3.63) is 78.3 Å². The molecule has 4 rings (SSSR count). The first-order valence-electron chi connectivity index (χ1n) is 10.7. The number of rotatable bonds is 6. The van der Waals surface area contributed by atoms with Crippen molar-refractivity contribution in [3.8, 4) is 22.8 Å². The lowest BCUT2D eigenvalue weighted by molar-refractivity contribution is 0.0686. The number of hydrogen-bond donors (Lipinski definition) is 1. The second-order valence-electron chi connectivity index (χ2n) is 8.52. The average Bonchev–Trinajstić information content (AvgIpc) is 3.21. The van der Waals surface area contributed by atoms with Crippen LogP contribution in [-0.2, 0) is 12.2 Å². The summed E-state index contributed by atoms with van der Waals surface area (Å²) in [6.45, 7) is 8.67. The molecule has 3 aromatic heterocycles. The van der Waals surface area contributed by atoms with Gasteiger partial charge in [0.25, 0.3) is 5.56 Å². The van der Waals surface area contributed by atoms with Crippen LogP contribution >= 0.6 is 27.3 Å². The standard InChI is InChI=1S/C24H23BrFN5O3S/c1-12-6-7-15(20-17(26)9-27-23(30-20)24(4,5)33)8-18(12)31-13(2)28-21(19(25)22(31)32)34-10-16-11-35-14(3)29-16/h6-9,11,33H,10H2,1-5H3. The number of aliphatic hydroxyl groups is 1. The molecule has 0 saturated carbocycles. The summed E-state index contributed by atoms with van der Waals surface area (Å²) in [5.74, 6) is 0.00548. The highest BCUT2D eigenvalue weighted by Crippen LogP contribution is 2.28. The van der Waals surface area contributed by atoms with Crippen LogP contribution in [0.1, 0.15) is 41.8 Å². The monoisotopic (exact) mass is 559 g/mol. The molecule has 11 heteroatoms. The van der Waals surface area contributed by atoms with Crippen molar-refractivity contribution in [2.24, 2.45) is 0 Å². The molecule has 0 fully saturated rings. The Kier molecular flexibility index (Phi) is 6.85. The van der Waals surface area contributed by atoms with Crippen molar-refractivity contribution in [1.82, 2.24) is 24.5 Å². The molecule has 0 amide bonds. The fraction of sp³-hybridized carbons (Fsp3) is 0.292. The minimum absolute atomic E-state index is 0.0228. The number of thiazole rings is 1. The summed E-state index contributed by atoms with van der Waals surface area (Å²) < 4.78 is 22.0. The molecule has 1 N–H and O–H groups in total. The molecular weight excluding hydrogens is 537 g/mol. The van der Waals surface area contributed by atoms with Crippen molar-refractivity contribution < 1.29 is 14.2 Å². The summed E-state index contributed by atoms with van der Waals surface area (Å²) in [5.41, 5.74) is 0.781. The lowest BCUT2D eigenvalue weighted by Crippen LogP contribution is -2.24. The van der Waals surface area contributed by atoms with E-state index >= 15 is 0 Å². The number of ether oxygens (including phenoxy) is 1. The third kappa shape index (κ3) is 5.16. The minimum Gasteiger partial charge on any atom is -0.470 e. The molecular formula is C24H23BrFN5O3S. The Bertz CT molecular complexity index is 1480. The van der Waals surface area contributed by atoms with Gasteiger partial charge in [-0.05, 0) is 62.2 Å².